The summed E-state index contributed by atoms with van der Waals surface area (Å²) < 4.78 is 5.43. The van der Waals surface area contributed by atoms with E-state index in [2.05, 4.69) is 0 Å². The number of hydrogen-bond donors (Lipinski definition) is 1. The van der Waals surface area contributed by atoms with Crippen LogP contribution in [0.2, 0.25) is 0 Å². The van der Waals surface area contributed by atoms with E-state index in [0.717, 1.165) is 5.75 Å². The molecule has 0 aromatic heterocycles. The third-order valence-corrected chi connectivity index (χ3v) is 2.65. The lowest BCUT2D eigenvalue weighted by atomic mass is 10.2. The van der Waals surface area contributed by atoms with Crippen molar-refractivity contribution in [1.29, 1.82) is 0 Å². The van der Waals surface area contributed by atoms with Crippen LogP contribution in [0.4, 0.5) is 0 Å². The van der Waals surface area contributed by atoms with Gasteiger partial charge in [-0.05, 0) is 19.1 Å². The molecule has 0 saturated carbocycles. The number of thioether (sulfide) groups is 1. The average molecular weight is 226 g/mol. The minimum atomic E-state index is -0.782. The second-order valence-corrected chi connectivity index (χ2v) is 4.21. The van der Waals surface area contributed by atoms with Crippen LogP contribution >= 0.6 is 11.8 Å². The van der Waals surface area contributed by atoms with E-state index in [1.807, 2.05) is 31.2 Å². The lowest BCUT2D eigenvalue weighted by Gasteiger charge is -2.05. The molecule has 3 nitrogen and oxygen atoms in total. The van der Waals surface area contributed by atoms with Crippen LogP contribution in [-0.2, 0) is 4.79 Å². The van der Waals surface area contributed by atoms with Gasteiger partial charge in [-0.2, -0.15) is 0 Å². The number of aliphatic carboxylic acids is 1. The number of aryl methyl sites for hydroxylation is 1. The van der Waals surface area contributed by atoms with Gasteiger partial charge in [0.15, 0.2) is 0 Å². The fourth-order valence-corrected chi connectivity index (χ4v) is 1.53. The van der Waals surface area contributed by atoms with Crippen LogP contribution < -0.4 is 4.74 Å². The SMILES string of the molecule is Cc1ccc(OCCSCC(=O)O)cc1. The number of benzene rings is 1. The molecule has 0 radical (unpaired) electrons. The van der Waals surface area contributed by atoms with Crippen LogP contribution in [0.5, 0.6) is 5.75 Å². The van der Waals surface area contributed by atoms with Crippen LogP contribution in [0.15, 0.2) is 24.3 Å². The van der Waals surface area contributed by atoms with Crippen LogP contribution in [0.1, 0.15) is 5.56 Å². The maximum atomic E-state index is 10.2. The number of carbonyl (C=O) groups is 1. The average Bonchev–Trinajstić information content (AvgIpc) is 2.20. The molecule has 0 saturated heterocycles. The van der Waals surface area contributed by atoms with Gasteiger partial charge in [0, 0.05) is 5.75 Å². The third-order valence-electron chi connectivity index (χ3n) is 1.74. The van der Waals surface area contributed by atoms with Crippen LogP contribution in [-0.4, -0.2) is 29.2 Å². The maximum Gasteiger partial charge on any atom is 0.313 e. The van der Waals surface area contributed by atoms with Gasteiger partial charge in [-0.1, -0.05) is 17.7 Å². The van der Waals surface area contributed by atoms with E-state index >= 15 is 0 Å². The zero-order chi connectivity index (χ0) is 11.1. The molecule has 1 aromatic carbocycles. The molecule has 15 heavy (non-hydrogen) atoms. The van der Waals surface area contributed by atoms with Crippen molar-refractivity contribution in [2.75, 3.05) is 18.1 Å². The van der Waals surface area contributed by atoms with Gasteiger partial charge < -0.3 is 9.84 Å². The zero-order valence-corrected chi connectivity index (χ0v) is 9.42. The summed E-state index contributed by atoms with van der Waals surface area (Å²) in [5, 5.41) is 8.40. The topological polar surface area (TPSA) is 46.5 Å². The summed E-state index contributed by atoms with van der Waals surface area (Å²) in [5.74, 6) is 0.879. The van der Waals surface area contributed by atoms with Crippen molar-refractivity contribution in [1.82, 2.24) is 0 Å². The lowest BCUT2D eigenvalue weighted by Crippen LogP contribution is -2.04. The first-order chi connectivity index (χ1) is 7.18. The van der Waals surface area contributed by atoms with Gasteiger partial charge in [0.1, 0.15) is 5.75 Å². The zero-order valence-electron chi connectivity index (χ0n) is 8.60. The molecule has 0 aliphatic carbocycles. The number of carboxylic acid groups (broad SMARTS) is 1. The van der Waals surface area contributed by atoms with Gasteiger partial charge in [0.25, 0.3) is 0 Å². The molecular formula is C11H14O3S. The largest absolute Gasteiger partial charge is 0.493 e. The summed E-state index contributed by atoms with van der Waals surface area (Å²) in [5.41, 5.74) is 1.20. The van der Waals surface area contributed by atoms with Crippen molar-refractivity contribution in [3.8, 4) is 5.75 Å². The second-order valence-electron chi connectivity index (χ2n) is 3.11. The van der Waals surface area contributed by atoms with E-state index < -0.39 is 5.97 Å². The normalized spacial score (nSPS) is 9.93. The first-order valence-corrected chi connectivity index (χ1v) is 5.83. The number of rotatable bonds is 6. The van der Waals surface area contributed by atoms with Gasteiger partial charge in [-0.15, -0.1) is 11.8 Å². The lowest BCUT2D eigenvalue weighted by molar-refractivity contribution is -0.133. The smallest absolute Gasteiger partial charge is 0.313 e. The molecule has 0 atom stereocenters. The van der Waals surface area contributed by atoms with Crippen LogP contribution in [0.3, 0.4) is 0 Å². The first kappa shape index (κ1) is 11.9. The van der Waals surface area contributed by atoms with Crippen LogP contribution in [0, 0.1) is 6.92 Å². The molecule has 0 aliphatic heterocycles. The summed E-state index contributed by atoms with van der Waals surface area (Å²) >= 11 is 1.36. The van der Waals surface area contributed by atoms with E-state index in [1.54, 1.807) is 0 Å². The molecule has 1 aromatic rings. The van der Waals surface area contributed by atoms with Crippen molar-refractivity contribution in [3.63, 3.8) is 0 Å². The molecule has 0 heterocycles. The van der Waals surface area contributed by atoms with Crippen molar-refractivity contribution in [2.24, 2.45) is 0 Å². The highest BCUT2D eigenvalue weighted by molar-refractivity contribution is 7.99. The summed E-state index contributed by atoms with van der Waals surface area (Å²) in [7, 11) is 0. The third kappa shape index (κ3) is 5.32. The molecule has 0 aliphatic rings. The minimum Gasteiger partial charge on any atom is -0.493 e. The van der Waals surface area contributed by atoms with Gasteiger partial charge in [-0.3, -0.25) is 4.79 Å². The van der Waals surface area contributed by atoms with Gasteiger partial charge in [0.05, 0.1) is 12.4 Å². The fraction of sp³-hybridized carbons (Fsp3) is 0.364. The second kappa shape index (κ2) is 6.35. The quantitative estimate of drug-likeness (QED) is 0.755. The highest BCUT2D eigenvalue weighted by Crippen LogP contribution is 2.11. The summed E-state index contributed by atoms with van der Waals surface area (Å²) in [6.45, 7) is 2.56. The molecule has 0 spiro atoms. The van der Waals surface area contributed by atoms with E-state index in [1.165, 1.54) is 17.3 Å². The highest BCUT2D eigenvalue weighted by Gasteiger charge is 1.97. The molecule has 82 valence electrons. The molecule has 0 amide bonds. The molecule has 4 heteroatoms. The Morgan fingerprint density at radius 1 is 1.40 bits per heavy atom. The molecule has 0 fully saturated rings. The van der Waals surface area contributed by atoms with Crippen molar-refractivity contribution in [2.45, 2.75) is 6.92 Å². The fourth-order valence-electron chi connectivity index (χ4n) is 1.01. The Bertz CT molecular complexity index is 308. The van der Waals surface area contributed by atoms with Crippen molar-refractivity contribution in [3.05, 3.63) is 29.8 Å². The number of hydrogen-bond acceptors (Lipinski definition) is 3. The Labute approximate surface area is 93.4 Å². The Kier molecular flexibility index (Phi) is 5.04. The summed E-state index contributed by atoms with van der Waals surface area (Å²) in [6, 6.07) is 7.80. The molecule has 0 unspecified atom stereocenters. The standard InChI is InChI=1S/C11H14O3S/c1-9-2-4-10(5-3-9)14-6-7-15-8-11(12)13/h2-5H,6-8H2,1H3,(H,12,13). The van der Waals surface area contributed by atoms with Crippen molar-refractivity contribution < 1.29 is 14.6 Å². The Morgan fingerprint density at radius 2 is 2.07 bits per heavy atom. The minimum absolute atomic E-state index is 0.136. The van der Waals surface area contributed by atoms with Crippen LogP contribution in [0.25, 0.3) is 0 Å². The first-order valence-electron chi connectivity index (χ1n) is 4.67. The summed E-state index contributed by atoms with van der Waals surface area (Å²) in [6.07, 6.45) is 0. The predicted octanol–water partition coefficient (Wildman–Crippen LogP) is 2.19. The summed E-state index contributed by atoms with van der Waals surface area (Å²) in [4.78, 5) is 10.2. The van der Waals surface area contributed by atoms with E-state index in [9.17, 15) is 4.79 Å². The molecular weight excluding hydrogens is 212 g/mol. The van der Waals surface area contributed by atoms with Gasteiger partial charge in [-0.25, -0.2) is 0 Å². The Hall–Kier alpha value is -1.16. The highest BCUT2D eigenvalue weighted by atomic mass is 32.2. The Morgan fingerprint density at radius 3 is 2.67 bits per heavy atom. The number of ether oxygens (including phenoxy) is 1. The Balaban J connectivity index is 2.15. The molecule has 1 rings (SSSR count). The van der Waals surface area contributed by atoms with E-state index in [0.29, 0.717) is 12.4 Å². The van der Waals surface area contributed by atoms with Gasteiger partial charge in [0.2, 0.25) is 0 Å². The maximum absolute atomic E-state index is 10.2. The van der Waals surface area contributed by atoms with E-state index in [-0.39, 0.29) is 5.75 Å². The number of carboxylic acids is 1. The van der Waals surface area contributed by atoms with Gasteiger partial charge >= 0.3 is 5.97 Å². The van der Waals surface area contributed by atoms with Crippen molar-refractivity contribution >= 4 is 17.7 Å². The van der Waals surface area contributed by atoms with E-state index in [4.69, 9.17) is 9.84 Å². The molecule has 0 bridgehead atoms. The monoisotopic (exact) mass is 226 g/mol. The predicted molar refractivity (Wildman–Crippen MR) is 61.6 cm³/mol. The molecule has 1 N–H and O–H groups in total.